The number of aryl methyl sites for hydroxylation is 1. The van der Waals surface area contributed by atoms with Gasteiger partial charge in [-0.25, -0.2) is 0 Å². The fraction of sp³-hybridized carbons (Fsp3) is 0.500. The quantitative estimate of drug-likeness (QED) is 0.800. The van der Waals surface area contributed by atoms with E-state index in [9.17, 15) is 0 Å². The Labute approximate surface area is 90.4 Å². The van der Waals surface area contributed by atoms with Crippen LogP contribution < -0.4 is 10.1 Å². The van der Waals surface area contributed by atoms with E-state index in [-0.39, 0.29) is 6.10 Å². The van der Waals surface area contributed by atoms with E-state index in [4.69, 9.17) is 9.47 Å². The Bertz CT molecular complexity index is 332. The number of methoxy groups -OCH3 is 1. The van der Waals surface area contributed by atoms with Crippen LogP contribution in [0.15, 0.2) is 18.2 Å². The first-order valence-electron chi connectivity index (χ1n) is 5.28. The number of nitrogens with one attached hydrogen (secondary N) is 1. The molecule has 1 aromatic carbocycles. The van der Waals surface area contributed by atoms with Crippen LogP contribution in [0, 0.1) is 6.92 Å². The SMILES string of the molecule is COc1cc(C)ccc1C1CNCCO1. The van der Waals surface area contributed by atoms with Gasteiger partial charge in [-0.15, -0.1) is 0 Å². The topological polar surface area (TPSA) is 30.5 Å². The van der Waals surface area contributed by atoms with Crippen molar-refractivity contribution in [2.75, 3.05) is 26.8 Å². The van der Waals surface area contributed by atoms with E-state index in [1.165, 1.54) is 5.56 Å². The van der Waals surface area contributed by atoms with Gasteiger partial charge in [0.1, 0.15) is 5.75 Å². The summed E-state index contributed by atoms with van der Waals surface area (Å²) in [6.45, 7) is 4.62. The van der Waals surface area contributed by atoms with E-state index in [1.807, 2.05) is 6.07 Å². The lowest BCUT2D eigenvalue weighted by atomic mass is 10.0. The highest BCUT2D eigenvalue weighted by atomic mass is 16.5. The minimum Gasteiger partial charge on any atom is -0.496 e. The van der Waals surface area contributed by atoms with E-state index in [2.05, 4.69) is 24.4 Å². The molecule has 1 heterocycles. The Morgan fingerprint density at radius 3 is 3.00 bits per heavy atom. The van der Waals surface area contributed by atoms with Crippen molar-refractivity contribution in [3.63, 3.8) is 0 Å². The highest BCUT2D eigenvalue weighted by molar-refractivity contribution is 5.39. The summed E-state index contributed by atoms with van der Waals surface area (Å²) >= 11 is 0. The zero-order chi connectivity index (χ0) is 10.7. The largest absolute Gasteiger partial charge is 0.496 e. The molecule has 2 rings (SSSR count). The average Bonchev–Trinajstić information content (AvgIpc) is 2.30. The average molecular weight is 207 g/mol. The van der Waals surface area contributed by atoms with Crippen molar-refractivity contribution in [3.8, 4) is 5.75 Å². The van der Waals surface area contributed by atoms with Gasteiger partial charge in [0.25, 0.3) is 0 Å². The second-order valence-corrected chi connectivity index (χ2v) is 3.81. The molecule has 0 saturated carbocycles. The maximum Gasteiger partial charge on any atom is 0.124 e. The summed E-state index contributed by atoms with van der Waals surface area (Å²) in [6, 6.07) is 6.23. The summed E-state index contributed by atoms with van der Waals surface area (Å²) in [6.07, 6.45) is 0.120. The number of hydrogen-bond acceptors (Lipinski definition) is 3. The zero-order valence-electron chi connectivity index (χ0n) is 9.25. The minimum absolute atomic E-state index is 0.120. The molecule has 1 aliphatic heterocycles. The summed E-state index contributed by atoms with van der Waals surface area (Å²) in [4.78, 5) is 0. The van der Waals surface area contributed by atoms with Gasteiger partial charge in [-0.05, 0) is 18.6 Å². The zero-order valence-corrected chi connectivity index (χ0v) is 9.25. The van der Waals surface area contributed by atoms with Crippen molar-refractivity contribution >= 4 is 0 Å². The van der Waals surface area contributed by atoms with Gasteiger partial charge in [-0.2, -0.15) is 0 Å². The molecule has 1 aromatic rings. The Morgan fingerprint density at radius 2 is 2.33 bits per heavy atom. The third kappa shape index (κ3) is 2.30. The number of rotatable bonds is 2. The van der Waals surface area contributed by atoms with Crippen molar-refractivity contribution in [2.45, 2.75) is 13.0 Å². The number of morpholine rings is 1. The molecule has 1 atom stereocenters. The van der Waals surface area contributed by atoms with Crippen LogP contribution in [-0.4, -0.2) is 26.8 Å². The monoisotopic (exact) mass is 207 g/mol. The molecular formula is C12H17NO2. The van der Waals surface area contributed by atoms with E-state index in [0.717, 1.165) is 31.0 Å². The highest BCUT2D eigenvalue weighted by Crippen LogP contribution is 2.29. The molecule has 0 amide bonds. The molecule has 1 saturated heterocycles. The number of benzene rings is 1. The first-order valence-corrected chi connectivity index (χ1v) is 5.28. The Hall–Kier alpha value is -1.06. The summed E-state index contributed by atoms with van der Waals surface area (Å²) < 4.78 is 11.1. The molecule has 1 unspecified atom stereocenters. The van der Waals surface area contributed by atoms with Gasteiger partial charge in [-0.1, -0.05) is 12.1 Å². The van der Waals surface area contributed by atoms with Gasteiger partial charge in [-0.3, -0.25) is 0 Å². The smallest absolute Gasteiger partial charge is 0.124 e. The molecule has 1 fully saturated rings. The molecule has 1 aliphatic rings. The second kappa shape index (κ2) is 4.64. The summed E-state index contributed by atoms with van der Waals surface area (Å²) in [7, 11) is 1.70. The molecule has 0 bridgehead atoms. The molecule has 3 heteroatoms. The Kier molecular flexibility index (Phi) is 3.23. The second-order valence-electron chi connectivity index (χ2n) is 3.81. The molecule has 0 aliphatic carbocycles. The van der Waals surface area contributed by atoms with Crippen LogP contribution >= 0.6 is 0 Å². The van der Waals surface area contributed by atoms with Crippen LogP contribution in [0.25, 0.3) is 0 Å². The normalized spacial score (nSPS) is 21.3. The van der Waals surface area contributed by atoms with Gasteiger partial charge in [0.15, 0.2) is 0 Å². The van der Waals surface area contributed by atoms with Gasteiger partial charge in [0.05, 0.1) is 19.8 Å². The van der Waals surface area contributed by atoms with Crippen LogP contribution in [0.5, 0.6) is 5.75 Å². The van der Waals surface area contributed by atoms with Crippen LogP contribution in [-0.2, 0) is 4.74 Å². The molecule has 15 heavy (non-hydrogen) atoms. The molecule has 3 nitrogen and oxygen atoms in total. The Balaban J connectivity index is 2.25. The van der Waals surface area contributed by atoms with E-state index in [0.29, 0.717) is 0 Å². The molecule has 0 aromatic heterocycles. The van der Waals surface area contributed by atoms with Gasteiger partial charge in [0.2, 0.25) is 0 Å². The molecule has 1 N–H and O–H groups in total. The third-order valence-corrected chi connectivity index (χ3v) is 2.66. The van der Waals surface area contributed by atoms with Crippen LogP contribution in [0.3, 0.4) is 0 Å². The predicted octanol–water partition coefficient (Wildman–Crippen LogP) is 1.66. The van der Waals surface area contributed by atoms with Gasteiger partial charge < -0.3 is 14.8 Å². The Morgan fingerprint density at radius 1 is 1.47 bits per heavy atom. The van der Waals surface area contributed by atoms with Crippen molar-refractivity contribution in [1.82, 2.24) is 5.32 Å². The maximum absolute atomic E-state index is 5.70. The summed E-state index contributed by atoms with van der Waals surface area (Å²) in [5, 5.41) is 3.32. The van der Waals surface area contributed by atoms with Crippen molar-refractivity contribution < 1.29 is 9.47 Å². The number of ether oxygens (including phenoxy) is 2. The minimum atomic E-state index is 0.120. The van der Waals surface area contributed by atoms with Crippen molar-refractivity contribution in [1.29, 1.82) is 0 Å². The molecule has 0 radical (unpaired) electrons. The lowest BCUT2D eigenvalue weighted by Crippen LogP contribution is -2.33. The van der Waals surface area contributed by atoms with Crippen LogP contribution in [0.4, 0.5) is 0 Å². The first-order chi connectivity index (χ1) is 7.31. The predicted molar refractivity (Wildman–Crippen MR) is 59.3 cm³/mol. The summed E-state index contributed by atoms with van der Waals surface area (Å²) in [5.41, 5.74) is 2.34. The molecule has 82 valence electrons. The first kappa shape index (κ1) is 10.5. The standard InChI is InChI=1S/C12H17NO2/c1-9-3-4-10(11(7-9)14-2)12-8-13-5-6-15-12/h3-4,7,12-13H,5-6,8H2,1-2H3. The van der Waals surface area contributed by atoms with Crippen LogP contribution in [0.1, 0.15) is 17.2 Å². The summed E-state index contributed by atoms with van der Waals surface area (Å²) in [5.74, 6) is 0.920. The van der Waals surface area contributed by atoms with Crippen molar-refractivity contribution in [3.05, 3.63) is 29.3 Å². The van der Waals surface area contributed by atoms with Gasteiger partial charge in [0, 0.05) is 18.7 Å². The number of hydrogen-bond donors (Lipinski definition) is 1. The van der Waals surface area contributed by atoms with E-state index in [1.54, 1.807) is 7.11 Å². The third-order valence-electron chi connectivity index (χ3n) is 2.66. The lowest BCUT2D eigenvalue weighted by molar-refractivity contribution is 0.0262. The van der Waals surface area contributed by atoms with E-state index < -0.39 is 0 Å². The maximum atomic E-state index is 5.70. The van der Waals surface area contributed by atoms with Crippen molar-refractivity contribution in [2.24, 2.45) is 0 Å². The van der Waals surface area contributed by atoms with Crippen LogP contribution in [0.2, 0.25) is 0 Å². The fourth-order valence-corrected chi connectivity index (χ4v) is 1.85. The van der Waals surface area contributed by atoms with E-state index >= 15 is 0 Å². The fourth-order valence-electron chi connectivity index (χ4n) is 1.85. The molecule has 0 spiro atoms. The lowest BCUT2D eigenvalue weighted by Gasteiger charge is -2.25. The molecular weight excluding hydrogens is 190 g/mol. The van der Waals surface area contributed by atoms with Gasteiger partial charge >= 0.3 is 0 Å². The highest BCUT2D eigenvalue weighted by Gasteiger charge is 2.19.